The second-order valence-corrected chi connectivity index (χ2v) is 4.10. The van der Waals surface area contributed by atoms with E-state index in [0.29, 0.717) is 5.56 Å². The van der Waals surface area contributed by atoms with Gasteiger partial charge in [-0.15, -0.1) is 0 Å². The molecule has 7 nitrogen and oxygen atoms in total. The Balaban J connectivity index is 2.49. The molecule has 7 heteroatoms. The molecule has 98 valence electrons. The van der Waals surface area contributed by atoms with Gasteiger partial charge in [0.15, 0.2) is 0 Å². The largest absolute Gasteiger partial charge is 0.469 e. The molecule has 1 aromatic rings. The van der Waals surface area contributed by atoms with Gasteiger partial charge < -0.3 is 14.6 Å². The molecule has 0 aromatic carbocycles. The molecule has 2 rings (SSSR count). The van der Waals surface area contributed by atoms with E-state index in [1.165, 1.54) is 17.9 Å². The standard InChI is InChI=1S/C11H14N2O5/c1-5-4-13(11(16)12-9(5)15)10-8(17-3)7(14)6(2)18-10/h4,7-8,10,14H,2H2,1,3H3,(H,12,15,16)/t7-,8-,10-/m1/s1. The SMILES string of the molecule is C=C1O[C@@H](n2cc(C)c(=O)[nH]c2=O)[C@H](OC)[C@@H]1O. The van der Waals surface area contributed by atoms with E-state index in [4.69, 9.17) is 9.47 Å². The summed E-state index contributed by atoms with van der Waals surface area (Å²) in [5.74, 6) is 0.127. The number of aromatic nitrogens is 2. The molecular formula is C11H14N2O5. The second kappa shape index (κ2) is 4.43. The number of aliphatic hydroxyl groups excluding tert-OH is 1. The van der Waals surface area contributed by atoms with Crippen molar-refractivity contribution in [2.75, 3.05) is 7.11 Å². The fourth-order valence-corrected chi connectivity index (χ4v) is 1.87. The van der Waals surface area contributed by atoms with Crippen LogP contribution in [0.15, 0.2) is 28.1 Å². The average Bonchev–Trinajstić information content (AvgIpc) is 2.60. The van der Waals surface area contributed by atoms with Crippen LogP contribution in [0.25, 0.3) is 0 Å². The quantitative estimate of drug-likeness (QED) is 0.725. The lowest BCUT2D eigenvalue weighted by Crippen LogP contribution is -2.38. The van der Waals surface area contributed by atoms with Crippen LogP contribution in [0.2, 0.25) is 0 Å². The van der Waals surface area contributed by atoms with Crippen LogP contribution in [0.5, 0.6) is 0 Å². The van der Waals surface area contributed by atoms with Crippen molar-refractivity contribution in [3.63, 3.8) is 0 Å². The maximum Gasteiger partial charge on any atom is 0.331 e. The summed E-state index contributed by atoms with van der Waals surface area (Å²) in [4.78, 5) is 25.2. The van der Waals surface area contributed by atoms with Crippen LogP contribution >= 0.6 is 0 Å². The summed E-state index contributed by atoms with van der Waals surface area (Å²) in [5, 5.41) is 9.77. The van der Waals surface area contributed by atoms with E-state index in [-0.39, 0.29) is 5.76 Å². The van der Waals surface area contributed by atoms with Gasteiger partial charge in [-0.1, -0.05) is 6.58 Å². The summed E-state index contributed by atoms with van der Waals surface area (Å²) in [7, 11) is 1.40. The highest BCUT2D eigenvalue weighted by atomic mass is 16.6. The third kappa shape index (κ3) is 1.87. The second-order valence-electron chi connectivity index (χ2n) is 4.10. The lowest BCUT2D eigenvalue weighted by Gasteiger charge is -2.19. The van der Waals surface area contributed by atoms with E-state index in [0.717, 1.165) is 0 Å². The minimum atomic E-state index is -1.01. The number of ether oxygens (including phenoxy) is 2. The summed E-state index contributed by atoms with van der Waals surface area (Å²) < 4.78 is 11.6. The maximum atomic E-state index is 11.7. The van der Waals surface area contributed by atoms with Crippen molar-refractivity contribution in [1.29, 1.82) is 0 Å². The Morgan fingerprint density at radius 2 is 2.22 bits per heavy atom. The Labute approximate surface area is 102 Å². The van der Waals surface area contributed by atoms with Crippen LogP contribution in [0.3, 0.4) is 0 Å². The minimum Gasteiger partial charge on any atom is -0.469 e. The fourth-order valence-electron chi connectivity index (χ4n) is 1.87. The molecule has 2 heterocycles. The topological polar surface area (TPSA) is 93.6 Å². The van der Waals surface area contributed by atoms with Crippen molar-refractivity contribution in [1.82, 2.24) is 9.55 Å². The van der Waals surface area contributed by atoms with Crippen LogP contribution in [-0.2, 0) is 9.47 Å². The lowest BCUT2D eigenvalue weighted by atomic mass is 10.2. The smallest absolute Gasteiger partial charge is 0.331 e. The highest BCUT2D eigenvalue weighted by Gasteiger charge is 2.41. The predicted octanol–water partition coefficient (Wildman–Crippen LogP) is -0.737. The number of aromatic amines is 1. The number of methoxy groups -OCH3 is 1. The molecule has 1 aliphatic heterocycles. The molecule has 0 saturated carbocycles. The monoisotopic (exact) mass is 254 g/mol. The first kappa shape index (κ1) is 12.6. The first-order valence-corrected chi connectivity index (χ1v) is 5.34. The van der Waals surface area contributed by atoms with E-state index < -0.39 is 29.7 Å². The number of nitrogens with zero attached hydrogens (tertiary/aromatic N) is 1. The Hall–Kier alpha value is -1.86. The Morgan fingerprint density at radius 3 is 2.83 bits per heavy atom. The van der Waals surface area contributed by atoms with Crippen LogP contribution < -0.4 is 11.2 Å². The zero-order chi connectivity index (χ0) is 13.4. The molecule has 18 heavy (non-hydrogen) atoms. The van der Waals surface area contributed by atoms with Gasteiger partial charge in [0.1, 0.15) is 18.0 Å². The Morgan fingerprint density at radius 1 is 1.56 bits per heavy atom. The normalized spacial score (nSPS) is 27.3. The number of aliphatic hydroxyl groups is 1. The number of hydrogen-bond acceptors (Lipinski definition) is 5. The predicted molar refractivity (Wildman–Crippen MR) is 62.1 cm³/mol. The molecule has 0 aliphatic carbocycles. The molecule has 1 aromatic heterocycles. The van der Waals surface area contributed by atoms with Crippen molar-refractivity contribution >= 4 is 0 Å². The molecule has 0 unspecified atom stereocenters. The van der Waals surface area contributed by atoms with Crippen molar-refractivity contribution in [2.24, 2.45) is 0 Å². The van der Waals surface area contributed by atoms with Gasteiger partial charge in [-0.05, 0) is 6.92 Å². The molecule has 0 bridgehead atoms. The average molecular weight is 254 g/mol. The zero-order valence-electron chi connectivity index (χ0n) is 10.0. The molecular weight excluding hydrogens is 240 g/mol. The molecule has 2 N–H and O–H groups in total. The van der Waals surface area contributed by atoms with Gasteiger partial charge in [-0.3, -0.25) is 14.3 Å². The van der Waals surface area contributed by atoms with Gasteiger partial charge in [-0.25, -0.2) is 4.79 Å². The molecule has 1 saturated heterocycles. The van der Waals surface area contributed by atoms with Gasteiger partial charge >= 0.3 is 5.69 Å². The van der Waals surface area contributed by atoms with Crippen LogP contribution in [0.4, 0.5) is 0 Å². The molecule has 0 spiro atoms. The van der Waals surface area contributed by atoms with Crippen LogP contribution in [0.1, 0.15) is 11.8 Å². The van der Waals surface area contributed by atoms with Crippen LogP contribution in [-0.4, -0.2) is 34.0 Å². The lowest BCUT2D eigenvalue weighted by molar-refractivity contribution is -0.0430. The van der Waals surface area contributed by atoms with Gasteiger partial charge in [0.05, 0.1) is 0 Å². The van der Waals surface area contributed by atoms with Crippen molar-refractivity contribution in [3.8, 4) is 0 Å². The van der Waals surface area contributed by atoms with E-state index in [1.807, 2.05) is 0 Å². The number of rotatable bonds is 2. The Bertz CT molecular complexity index is 588. The maximum absolute atomic E-state index is 11.7. The van der Waals surface area contributed by atoms with Gasteiger partial charge in [0.25, 0.3) is 5.56 Å². The van der Waals surface area contributed by atoms with Crippen molar-refractivity contribution in [2.45, 2.75) is 25.4 Å². The third-order valence-corrected chi connectivity index (χ3v) is 2.89. The van der Waals surface area contributed by atoms with Gasteiger partial charge in [-0.2, -0.15) is 0 Å². The zero-order valence-corrected chi connectivity index (χ0v) is 10.0. The van der Waals surface area contributed by atoms with Crippen LogP contribution in [0, 0.1) is 6.92 Å². The third-order valence-electron chi connectivity index (χ3n) is 2.89. The Kier molecular flexibility index (Phi) is 3.10. The summed E-state index contributed by atoms with van der Waals surface area (Å²) in [6, 6.07) is 0. The van der Waals surface area contributed by atoms with Crippen molar-refractivity contribution in [3.05, 3.63) is 44.9 Å². The number of nitrogens with one attached hydrogen (secondary N) is 1. The first-order chi connectivity index (χ1) is 8.45. The summed E-state index contributed by atoms with van der Waals surface area (Å²) in [6.45, 7) is 5.11. The highest BCUT2D eigenvalue weighted by molar-refractivity contribution is 5.08. The molecule has 1 fully saturated rings. The summed E-state index contributed by atoms with van der Waals surface area (Å²) >= 11 is 0. The number of H-pyrrole nitrogens is 1. The first-order valence-electron chi connectivity index (χ1n) is 5.34. The van der Waals surface area contributed by atoms with E-state index in [9.17, 15) is 14.7 Å². The van der Waals surface area contributed by atoms with Crippen molar-refractivity contribution < 1.29 is 14.6 Å². The highest BCUT2D eigenvalue weighted by Crippen LogP contribution is 2.31. The minimum absolute atomic E-state index is 0.127. The summed E-state index contributed by atoms with van der Waals surface area (Å²) in [5.41, 5.74) is -0.720. The van der Waals surface area contributed by atoms with E-state index in [2.05, 4.69) is 11.6 Å². The molecule has 1 aliphatic rings. The van der Waals surface area contributed by atoms with Gasteiger partial charge in [0, 0.05) is 18.9 Å². The molecule has 0 radical (unpaired) electrons. The van der Waals surface area contributed by atoms with Gasteiger partial charge in [0.2, 0.25) is 6.23 Å². The molecule has 0 amide bonds. The molecule has 3 atom stereocenters. The van der Waals surface area contributed by atoms with E-state index in [1.54, 1.807) is 6.92 Å². The van der Waals surface area contributed by atoms with E-state index >= 15 is 0 Å². The number of hydrogen-bond donors (Lipinski definition) is 2. The summed E-state index contributed by atoms with van der Waals surface area (Å²) in [6.07, 6.45) is -1.25. The fraction of sp³-hybridized carbons (Fsp3) is 0.455. The number of aryl methyl sites for hydroxylation is 1.